The van der Waals surface area contributed by atoms with Crippen molar-refractivity contribution in [2.75, 3.05) is 5.32 Å². The normalized spacial score (nSPS) is 11.5. The average molecular weight is 292 g/mol. The molecule has 0 fully saturated rings. The number of nitrogens with zero attached hydrogens (tertiary/aromatic N) is 2. The van der Waals surface area contributed by atoms with E-state index in [4.69, 9.17) is 10.9 Å². The van der Waals surface area contributed by atoms with Crippen LogP contribution in [0, 0.1) is 18.6 Å². The molecule has 0 spiro atoms. The number of amidine groups is 1. The first-order chi connectivity index (χ1) is 10.0. The Bertz CT molecular complexity index is 689. The van der Waals surface area contributed by atoms with Gasteiger partial charge in [-0.05, 0) is 36.2 Å². The van der Waals surface area contributed by atoms with Gasteiger partial charge >= 0.3 is 0 Å². The van der Waals surface area contributed by atoms with E-state index in [1.807, 2.05) is 0 Å². The van der Waals surface area contributed by atoms with Crippen molar-refractivity contribution in [1.82, 2.24) is 4.98 Å². The molecule has 1 heterocycles. The van der Waals surface area contributed by atoms with Crippen LogP contribution in [0.3, 0.4) is 0 Å². The topological polar surface area (TPSA) is 83.5 Å². The molecule has 110 valence electrons. The number of aryl methyl sites for hydroxylation is 1. The Morgan fingerprint density at radius 1 is 1.33 bits per heavy atom. The maximum absolute atomic E-state index is 13.7. The number of aromatic nitrogens is 1. The standard InChI is InChI=1S/C14H14F2N4O/c1-8-4-11(16)12(6-10(8)15)19-7-9-2-3-18-13(5-9)14(17)20-21/h2-6,19,21H,7H2,1H3,(H2,17,20). The zero-order valence-corrected chi connectivity index (χ0v) is 11.3. The van der Waals surface area contributed by atoms with Gasteiger partial charge in [-0.2, -0.15) is 0 Å². The van der Waals surface area contributed by atoms with E-state index in [-0.39, 0.29) is 23.6 Å². The molecule has 4 N–H and O–H groups in total. The number of hydrogen-bond donors (Lipinski definition) is 3. The van der Waals surface area contributed by atoms with Crippen LogP contribution in [0.5, 0.6) is 0 Å². The molecule has 0 aliphatic carbocycles. The minimum absolute atomic E-state index is 0.0697. The minimum Gasteiger partial charge on any atom is -0.409 e. The lowest BCUT2D eigenvalue weighted by molar-refractivity contribution is 0.318. The van der Waals surface area contributed by atoms with Crippen LogP contribution in [-0.2, 0) is 6.54 Å². The minimum atomic E-state index is -0.528. The van der Waals surface area contributed by atoms with Crippen LogP contribution in [0.15, 0.2) is 35.6 Å². The van der Waals surface area contributed by atoms with Crippen molar-refractivity contribution in [2.45, 2.75) is 13.5 Å². The van der Waals surface area contributed by atoms with Crippen LogP contribution >= 0.6 is 0 Å². The molecule has 5 nitrogen and oxygen atoms in total. The molecule has 0 aliphatic heterocycles. The maximum Gasteiger partial charge on any atom is 0.188 e. The fourth-order valence-corrected chi connectivity index (χ4v) is 1.75. The Labute approximate surface area is 120 Å². The molecule has 1 aromatic carbocycles. The lowest BCUT2D eigenvalue weighted by atomic mass is 10.2. The third-order valence-electron chi connectivity index (χ3n) is 2.93. The van der Waals surface area contributed by atoms with Crippen LogP contribution in [0.4, 0.5) is 14.5 Å². The summed E-state index contributed by atoms with van der Waals surface area (Å²) in [7, 11) is 0. The quantitative estimate of drug-likeness (QED) is 0.349. The second-order valence-electron chi connectivity index (χ2n) is 4.47. The average Bonchev–Trinajstić information content (AvgIpc) is 2.49. The molecule has 2 aromatic rings. The van der Waals surface area contributed by atoms with E-state index in [9.17, 15) is 8.78 Å². The van der Waals surface area contributed by atoms with E-state index in [1.165, 1.54) is 13.1 Å². The molecule has 0 unspecified atom stereocenters. The van der Waals surface area contributed by atoms with Crippen molar-refractivity contribution >= 4 is 11.5 Å². The van der Waals surface area contributed by atoms with Crippen molar-refractivity contribution in [2.24, 2.45) is 10.9 Å². The van der Waals surface area contributed by atoms with E-state index in [1.54, 1.807) is 12.1 Å². The summed E-state index contributed by atoms with van der Waals surface area (Å²) in [5.74, 6) is -1.13. The second kappa shape index (κ2) is 6.17. The van der Waals surface area contributed by atoms with Gasteiger partial charge in [0.1, 0.15) is 17.3 Å². The van der Waals surface area contributed by atoms with Crippen molar-refractivity contribution in [3.63, 3.8) is 0 Å². The number of benzene rings is 1. The first kappa shape index (κ1) is 14.7. The van der Waals surface area contributed by atoms with Gasteiger partial charge in [0, 0.05) is 18.8 Å². The fourth-order valence-electron chi connectivity index (χ4n) is 1.75. The molecule has 0 aliphatic rings. The van der Waals surface area contributed by atoms with Gasteiger partial charge in [0.2, 0.25) is 0 Å². The number of nitrogens with one attached hydrogen (secondary N) is 1. The van der Waals surface area contributed by atoms with Crippen LogP contribution in [0.2, 0.25) is 0 Å². The smallest absolute Gasteiger partial charge is 0.188 e. The first-order valence-electron chi connectivity index (χ1n) is 6.13. The van der Waals surface area contributed by atoms with Crippen molar-refractivity contribution in [1.29, 1.82) is 0 Å². The van der Waals surface area contributed by atoms with Gasteiger partial charge in [-0.1, -0.05) is 5.16 Å². The van der Waals surface area contributed by atoms with Crippen LogP contribution < -0.4 is 11.1 Å². The summed E-state index contributed by atoms with van der Waals surface area (Å²) >= 11 is 0. The van der Waals surface area contributed by atoms with Gasteiger partial charge in [-0.3, -0.25) is 4.98 Å². The van der Waals surface area contributed by atoms with Crippen molar-refractivity contribution in [3.05, 3.63) is 58.9 Å². The number of rotatable bonds is 4. The van der Waals surface area contributed by atoms with Gasteiger partial charge in [-0.25, -0.2) is 8.78 Å². The Morgan fingerprint density at radius 3 is 2.81 bits per heavy atom. The van der Waals surface area contributed by atoms with Crippen LogP contribution in [0.25, 0.3) is 0 Å². The summed E-state index contributed by atoms with van der Waals surface area (Å²) in [6, 6.07) is 5.51. The Balaban J connectivity index is 2.15. The number of pyridine rings is 1. The summed E-state index contributed by atoms with van der Waals surface area (Å²) in [6.07, 6.45) is 1.48. The van der Waals surface area contributed by atoms with Crippen molar-refractivity contribution < 1.29 is 14.0 Å². The predicted octanol–water partition coefficient (Wildman–Crippen LogP) is 2.37. The summed E-state index contributed by atoms with van der Waals surface area (Å²) in [6.45, 7) is 1.74. The number of anilines is 1. The molecule has 0 saturated carbocycles. The van der Waals surface area contributed by atoms with Gasteiger partial charge < -0.3 is 16.3 Å². The molecular formula is C14H14F2N4O. The zero-order chi connectivity index (χ0) is 15.4. The molecule has 0 atom stereocenters. The van der Waals surface area contributed by atoms with E-state index < -0.39 is 11.6 Å². The Morgan fingerprint density at radius 2 is 2.10 bits per heavy atom. The van der Waals surface area contributed by atoms with Crippen LogP contribution in [0.1, 0.15) is 16.8 Å². The van der Waals surface area contributed by atoms with E-state index >= 15 is 0 Å². The first-order valence-corrected chi connectivity index (χ1v) is 6.13. The number of nitrogens with two attached hydrogens (primary N) is 1. The zero-order valence-electron chi connectivity index (χ0n) is 11.3. The molecule has 0 amide bonds. The number of oxime groups is 1. The molecule has 1 aromatic heterocycles. The largest absolute Gasteiger partial charge is 0.409 e. The molecule has 7 heteroatoms. The second-order valence-corrected chi connectivity index (χ2v) is 4.47. The van der Waals surface area contributed by atoms with E-state index in [0.29, 0.717) is 5.69 Å². The molecular weight excluding hydrogens is 278 g/mol. The third-order valence-corrected chi connectivity index (χ3v) is 2.93. The van der Waals surface area contributed by atoms with E-state index in [0.717, 1.165) is 17.7 Å². The summed E-state index contributed by atoms with van der Waals surface area (Å²) in [4.78, 5) is 3.93. The maximum atomic E-state index is 13.7. The highest BCUT2D eigenvalue weighted by Crippen LogP contribution is 2.19. The molecule has 21 heavy (non-hydrogen) atoms. The highest BCUT2D eigenvalue weighted by molar-refractivity contribution is 5.95. The van der Waals surface area contributed by atoms with Crippen molar-refractivity contribution in [3.8, 4) is 0 Å². The SMILES string of the molecule is Cc1cc(F)c(NCc2ccnc(/C(N)=N/O)c2)cc1F. The predicted molar refractivity (Wildman–Crippen MR) is 75.2 cm³/mol. The van der Waals surface area contributed by atoms with E-state index in [2.05, 4.69) is 15.5 Å². The Hall–Kier alpha value is -2.70. The monoisotopic (exact) mass is 292 g/mol. The number of halogens is 2. The highest BCUT2D eigenvalue weighted by atomic mass is 19.1. The third kappa shape index (κ3) is 3.44. The Kier molecular flexibility index (Phi) is 4.32. The summed E-state index contributed by atoms with van der Waals surface area (Å²) in [5.41, 5.74) is 6.78. The fraction of sp³-hybridized carbons (Fsp3) is 0.143. The molecule has 0 bridgehead atoms. The van der Waals surface area contributed by atoms with Gasteiger partial charge in [-0.15, -0.1) is 0 Å². The van der Waals surface area contributed by atoms with Gasteiger partial charge in [0.25, 0.3) is 0 Å². The molecule has 0 saturated heterocycles. The lowest BCUT2D eigenvalue weighted by Crippen LogP contribution is -2.15. The summed E-state index contributed by atoms with van der Waals surface area (Å²) in [5, 5.41) is 14.2. The molecule has 2 rings (SSSR count). The van der Waals surface area contributed by atoms with Gasteiger partial charge in [0.15, 0.2) is 5.84 Å². The summed E-state index contributed by atoms with van der Waals surface area (Å²) < 4.78 is 27.1. The highest BCUT2D eigenvalue weighted by Gasteiger charge is 2.08. The van der Waals surface area contributed by atoms with Crippen LogP contribution in [-0.4, -0.2) is 16.0 Å². The van der Waals surface area contributed by atoms with Gasteiger partial charge in [0.05, 0.1) is 5.69 Å². The molecule has 0 radical (unpaired) electrons. The number of hydrogen-bond acceptors (Lipinski definition) is 4. The lowest BCUT2D eigenvalue weighted by Gasteiger charge is -2.09.